The van der Waals surface area contributed by atoms with Gasteiger partial charge in [0.05, 0.1) is 0 Å². The first-order valence-electron chi connectivity index (χ1n) is 8.50. The molecule has 0 radical (unpaired) electrons. The van der Waals surface area contributed by atoms with Crippen molar-refractivity contribution < 1.29 is 4.74 Å². The van der Waals surface area contributed by atoms with E-state index in [9.17, 15) is 0 Å². The Morgan fingerprint density at radius 3 is 2.74 bits per heavy atom. The first-order valence-corrected chi connectivity index (χ1v) is 8.88. The van der Waals surface area contributed by atoms with Crippen LogP contribution in [0.1, 0.15) is 31.2 Å². The average molecular weight is 336 g/mol. The van der Waals surface area contributed by atoms with Crippen molar-refractivity contribution in [2.45, 2.75) is 31.1 Å². The number of hydrogen-bond donors (Lipinski definition) is 2. The summed E-state index contributed by atoms with van der Waals surface area (Å²) in [6, 6.07) is 8.24. The number of nitrogens with one attached hydrogen (secondary N) is 2. The number of benzene rings is 1. The van der Waals surface area contributed by atoms with Gasteiger partial charge in [-0.25, -0.2) is 0 Å². The van der Waals surface area contributed by atoms with Crippen LogP contribution in [0.5, 0.6) is 0 Å². The Kier molecular flexibility index (Phi) is 5.44. The van der Waals surface area contributed by atoms with Crippen LogP contribution in [0.3, 0.4) is 0 Å². The maximum atomic E-state index is 6.22. The predicted octanol–water partition coefficient (Wildman–Crippen LogP) is 2.96. The van der Waals surface area contributed by atoms with Gasteiger partial charge < -0.3 is 15.4 Å². The van der Waals surface area contributed by atoms with Crippen LogP contribution in [0.25, 0.3) is 0 Å². The highest BCUT2D eigenvalue weighted by atomic mass is 35.5. The fraction of sp³-hybridized carbons (Fsp3) is 0.611. The summed E-state index contributed by atoms with van der Waals surface area (Å²) >= 11 is 6.22. The Balaban J connectivity index is 1.68. The molecule has 0 spiro atoms. The number of rotatable bonds is 5. The highest BCUT2D eigenvalue weighted by molar-refractivity contribution is 6.30. The van der Waals surface area contributed by atoms with Crippen molar-refractivity contribution in [2.75, 3.05) is 33.4 Å². The highest BCUT2D eigenvalue weighted by Crippen LogP contribution is 2.35. The molecule has 2 aliphatic rings. The standard InChI is InChI=1S/C18H26ClN3O/c1-20-17(21-12-14-5-6-14)22-13-18(7-9-23-10-8-18)15-3-2-4-16(19)11-15/h2-4,11,14H,5-10,12-13H2,1H3,(H2,20,21,22). The van der Waals surface area contributed by atoms with Crippen LogP contribution in [0, 0.1) is 5.92 Å². The van der Waals surface area contributed by atoms with Crippen LogP contribution >= 0.6 is 11.6 Å². The molecule has 0 unspecified atom stereocenters. The van der Waals surface area contributed by atoms with Crippen LogP contribution in [-0.4, -0.2) is 39.3 Å². The maximum Gasteiger partial charge on any atom is 0.191 e. The summed E-state index contributed by atoms with van der Waals surface area (Å²) in [6.07, 6.45) is 4.68. The van der Waals surface area contributed by atoms with Crippen LogP contribution in [0.4, 0.5) is 0 Å². The molecule has 1 aromatic rings. The molecular formula is C18H26ClN3O. The van der Waals surface area contributed by atoms with Crippen molar-refractivity contribution in [1.82, 2.24) is 10.6 Å². The molecule has 2 fully saturated rings. The molecule has 1 saturated carbocycles. The third-order valence-corrected chi connectivity index (χ3v) is 5.19. The summed E-state index contributed by atoms with van der Waals surface area (Å²) in [5, 5.41) is 7.75. The lowest BCUT2D eigenvalue weighted by Crippen LogP contribution is -2.48. The maximum absolute atomic E-state index is 6.22. The molecule has 1 saturated heterocycles. The smallest absolute Gasteiger partial charge is 0.191 e. The first kappa shape index (κ1) is 16.6. The van der Waals surface area contributed by atoms with Gasteiger partial charge in [0.15, 0.2) is 5.96 Å². The quantitative estimate of drug-likeness (QED) is 0.642. The van der Waals surface area contributed by atoms with E-state index in [0.29, 0.717) is 0 Å². The molecule has 0 atom stereocenters. The van der Waals surface area contributed by atoms with E-state index in [1.54, 1.807) is 0 Å². The lowest BCUT2D eigenvalue weighted by atomic mass is 9.74. The van der Waals surface area contributed by atoms with Gasteiger partial charge in [0.1, 0.15) is 0 Å². The van der Waals surface area contributed by atoms with Crippen molar-refractivity contribution in [3.05, 3.63) is 34.9 Å². The lowest BCUT2D eigenvalue weighted by molar-refractivity contribution is 0.0514. The Labute approximate surface area is 143 Å². The number of nitrogens with zero attached hydrogens (tertiary/aromatic N) is 1. The summed E-state index contributed by atoms with van der Waals surface area (Å²) in [7, 11) is 1.83. The largest absolute Gasteiger partial charge is 0.381 e. The second-order valence-corrected chi connectivity index (χ2v) is 7.09. The van der Waals surface area contributed by atoms with E-state index in [1.807, 2.05) is 19.2 Å². The summed E-state index contributed by atoms with van der Waals surface area (Å²) in [4.78, 5) is 4.35. The highest BCUT2D eigenvalue weighted by Gasteiger charge is 2.35. The average Bonchev–Trinajstić information content (AvgIpc) is 3.40. The fourth-order valence-corrected chi connectivity index (χ4v) is 3.37. The molecule has 5 heteroatoms. The zero-order valence-corrected chi connectivity index (χ0v) is 14.5. The van der Waals surface area contributed by atoms with Crippen LogP contribution < -0.4 is 10.6 Å². The van der Waals surface area contributed by atoms with Gasteiger partial charge in [-0.05, 0) is 49.3 Å². The summed E-state index contributed by atoms with van der Waals surface area (Å²) < 4.78 is 5.59. The molecule has 126 valence electrons. The molecule has 1 aromatic carbocycles. The Bertz CT molecular complexity index is 551. The van der Waals surface area contributed by atoms with Crippen molar-refractivity contribution in [3.8, 4) is 0 Å². The van der Waals surface area contributed by atoms with Gasteiger partial charge in [-0.2, -0.15) is 0 Å². The molecule has 1 heterocycles. The first-order chi connectivity index (χ1) is 11.2. The van der Waals surface area contributed by atoms with E-state index in [0.717, 1.165) is 56.0 Å². The monoisotopic (exact) mass is 335 g/mol. The lowest BCUT2D eigenvalue weighted by Gasteiger charge is -2.38. The van der Waals surface area contributed by atoms with Crippen molar-refractivity contribution in [3.63, 3.8) is 0 Å². The molecule has 2 N–H and O–H groups in total. The van der Waals surface area contributed by atoms with E-state index in [-0.39, 0.29) is 5.41 Å². The van der Waals surface area contributed by atoms with Gasteiger partial charge in [0.25, 0.3) is 0 Å². The van der Waals surface area contributed by atoms with Crippen molar-refractivity contribution in [1.29, 1.82) is 0 Å². The minimum absolute atomic E-state index is 0.0559. The Morgan fingerprint density at radius 1 is 1.30 bits per heavy atom. The van der Waals surface area contributed by atoms with E-state index < -0.39 is 0 Å². The molecule has 0 bridgehead atoms. The molecule has 3 rings (SSSR count). The normalized spacial score (nSPS) is 21.0. The molecular weight excluding hydrogens is 310 g/mol. The second-order valence-electron chi connectivity index (χ2n) is 6.65. The summed E-state index contributed by atoms with van der Waals surface area (Å²) in [6.45, 7) is 3.46. The van der Waals surface area contributed by atoms with Crippen LogP contribution in [0.15, 0.2) is 29.3 Å². The van der Waals surface area contributed by atoms with Gasteiger partial charge in [-0.15, -0.1) is 0 Å². The zero-order chi connectivity index (χ0) is 16.1. The van der Waals surface area contributed by atoms with Gasteiger partial charge in [-0.1, -0.05) is 23.7 Å². The van der Waals surface area contributed by atoms with E-state index in [2.05, 4.69) is 27.8 Å². The molecule has 0 aromatic heterocycles. The molecule has 1 aliphatic carbocycles. The van der Waals surface area contributed by atoms with Crippen molar-refractivity contribution in [2.24, 2.45) is 10.9 Å². The van der Waals surface area contributed by atoms with E-state index in [1.165, 1.54) is 18.4 Å². The summed E-state index contributed by atoms with van der Waals surface area (Å²) in [5.74, 6) is 1.73. The van der Waals surface area contributed by atoms with Gasteiger partial charge in [-0.3, -0.25) is 4.99 Å². The third kappa shape index (κ3) is 4.39. The molecule has 0 amide bonds. The minimum atomic E-state index is 0.0559. The second kappa shape index (κ2) is 7.54. The Hall–Kier alpha value is -1.26. The molecule has 23 heavy (non-hydrogen) atoms. The fourth-order valence-electron chi connectivity index (χ4n) is 3.18. The number of halogens is 1. The minimum Gasteiger partial charge on any atom is -0.381 e. The topological polar surface area (TPSA) is 45.7 Å². The zero-order valence-electron chi connectivity index (χ0n) is 13.8. The number of ether oxygens (including phenoxy) is 1. The van der Waals surface area contributed by atoms with Gasteiger partial charge in [0, 0.05) is 43.8 Å². The molecule has 1 aliphatic heterocycles. The predicted molar refractivity (Wildman–Crippen MR) is 95.3 cm³/mol. The number of guanidine groups is 1. The SMILES string of the molecule is CN=C(NCC1CC1)NCC1(c2cccc(Cl)c2)CCOCC1. The van der Waals surface area contributed by atoms with Gasteiger partial charge in [0.2, 0.25) is 0 Å². The van der Waals surface area contributed by atoms with E-state index >= 15 is 0 Å². The Morgan fingerprint density at radius 2 is 2.09 bits per heavy atom. The summed E-state index contributed by atoms with van der Waals surface area (Å²) in [5.41, 5.74) is 1.35. The molecule has 4 nitrogen and oxygen atoms in total. The van der Waals surface area contributed by atoms with Gasteiger partial charge >= 0.3 is 0 Å². The third-order valence-electron chi connectivity index (χ3n) is 4.96. The number of hydrogen-bond acceptors (Lipinski definition) is 2. The number of aliphatic imine (C=N–C) groups is 1. The van der Waals surface area contributed by atoms with Crippen LogP contribution in [-0.2, 0) is 10.2 Å². The van der Waals surface area contributed by atoms with Crippen LogP contribution in [0.2, 0.25) is 5.02 Å². The van der Waals surface area contributed by atoms with E-state index in [4.69, 9.17) is 16.3 Å². The van der Waals surface area contributed by atoms with Crippen molar-refractivity contribution >= 4 is 17.6 Å².